The molecule has 1 aliphatic rings. The van der Waals surface area contributed by atoms with Crippen molar-refractivity contribution in [1.29, 1.82) is 0 Å². The van der Waals surface area contributed by atoms with Gasteiger partial charge < -0.3 is 0 Å². The Morgan fingerprint density at radius 1 is 1.46 bits per heavy atom. The lowest BCUT2D eigenvalue weighted by Crippen LogP contribution is -2.70. The van der Waals surface area contributed by atoms with Crippen molar-refractivity contribution in [2.45, 2.75) is 39.8 Å². The summed E-state index contributed by atoms with van der Waals surface area (Å²) in [6.45, 7) is 10.0. The summed E-state index contributed by atoms with van der Waals surface area (Å²) in [7, 11) is 2.19. The van der Waals surface area contributed by atoms with Crippen molar-refractivity contribution in [2.24, 2.45) is 5.92 Å². The molecule has 1 saturated heterocycles. The minimum absolute atomic E-state index is 0.660. The molecule has 0 aromatic carbocycles. The van der Waals surface area contributed by atoms with Gasteiger partial charge in [-0.05, 0) is 19.8 Å². The van der Waals surface area contributed by atoms with Crippen molar-refractivity contribution in [3.8, 4) is 0 Å². The molecule has 0 saturated carbocycles. The maximum absolute atomic E-state index is 2.41. The van der Waals surface area contributed by atoms with E-state index in [9.17, 15) is 0 Å². The highest BCUT2D eigenvalue weighted by Crippen LogP contribution is 2.30. The highest BCUT2D eigenvalue weighted by molar-refractivity contribution is 5.00. The Labute approximate surface area is 82.2 Å². The lowest BCUT2D eigenvalue weighted by molar-refractivity contribution is -0.195. The second-order valence-corrected chi connectivity index (χ2v) is 3.95. The SMILES string of the molecule is C/C=C\C(C)[C@@H]1C(C)N(CC)N1C. The molecule has 2 unspecified atom stereocenters. The molecule has 0 bridgehead atoms. The van der Waals surface area contributed by atoms with Gasteiger partial charge in [-0.25, -0.2) is 10.0 Å². The second-order valence-electron chi connectivity index (χ2n) is 3.95. The van der Waals surface area contributed by atoms with Gasteiger partial charge >= 0.3 is 0 Å². The molecular formula is C11H22N2. The van der Waals surface area contributed by atoms with E-state index in [1.165, 1.54) is 0 Å². The molecule has 2 heteroatoms. The molecule has 0 aromatic heterocycles. The zero-order valence-electron chi connectivity index (χ0n) is 9.49. The number of rotatable bonds is 3. The maximum atomic E-state index is 2.41. The molecule has 0 N–H and O–H groups in total. The Hall–Kier alpha value is -0.340. The van der Waals surface area contributed by atoms with Crippen molar-refractivity contribution in [2.75, 3.05) is 13.6 Å². The molecule has 0 aliphatic carbocycles. The minimum atomic E-state index is 0.660. The highest BCUT2D eigenvalue weighted by atomic mass is 15.7. The van der Waals surface area contributed by atoms with Crippen LogP contribution in [0.4, 0.5) is 0 Å². The van der Waals surface area contributed by atoms with E-state index in [0.717, 1.165) is 6.54 Å². The van der Waals surface area contributed by atoms with Crippen LogP contribution in [0, 0.1) is 5.92 Å². The van der Waals surface area contributed by atoms with E-state index in [2.05, 4.69) is 56.9 Å². The topological polar surface area (TPSA) is 6.48 Å². The fourth-order valence-corrected chi connectivity index (χ4v) is 2.59. The van der Waals surface area contributed by atoms with Gasteiger partial charge in [0.05, 0.1) is 0 Å². The van der Waals surface area contributed by atoms with Crippen molar-refractivity contribution < 1.29 is 0 Å². The Balaban J connectivity index is 2.54. The fraction of sp³-hybridized carbons (Fsp3) is 0.818. The van der Waals surface area contributed by atoms with Gasteiger partial charge in [0.15, 0.2) is 0 Å². The van der Waals surface area contributed by atoms with E-state index in [1.54, 1.807) is 0 Å². The lowest BCUT2D eigenvalue weighted by Gasteiger charge is -2.56. The molecule has 1 aliphatic heterocycles. The molecule has 0 spiro atoms. The van der Waals surface area contributed by atoms with Gasteiger partial charge in [-0.15, -0.1) is 0 Å². The number of hydrogen-bond acceptors (Lipinski definition) is 2. The first kappa shape index (κ1) is 10.7. The fourth-order valence-electron chi connectivity index (χ4n) is 2.59. The summed E-state index contributed by atoms with van der Waals surface area (Å²) < 4.78 is 0. The van der Waals surface area contributed by atoms with Gasteiger partial charge in [0.1, 0.15) is 0 Å². The van der Waals surface area contributed by atoms with E-state index in [-0.39, 0.29) is 0 Å². The van der Waals surface area contributed by atoms with Crippen LogP contribution >= 0.6 is 0 Å². The maximum Gasteiger partial charge on any atom is 0.0469 e. The Morgan fingerprint density at radius 2 is 2.08 bits per heavy atom. The summed E-state index contributed by atoms with van der Waals surface area (Å²) in [6, 6.07) is 1.39. The van der Waals surface area contributed by atoms with E-state index >= 15 is 0 Å². The lowest BCUT2D eigenvalue weighted by atomic mass is 9.90. The summed E-state index contributed by atoms with van der Waals surface area (Å²) >= 11 is 0. The monoisotopic (exact) mass is 182 g/mol. The van der Waals surface area contributed by atoms with Crippen molar-refractivity contribution in [1.82, 2.24) is 10.0 Å². The molecular weight excluding hydrogens is 160 g/mol. The van der Waals surface area contributed by atoms with Crippen LogP contribution in [0.1, 0.15) is 27.7 Å². The Kier molecular flexibility index (Phi) is 3.51. The molecule has 76 valence electrons. The third kappa shape index (κ3) is 1.79. The molecule has 3 atom stereocenters. The Morgan fingerprint density at radius 3 is 2.46 bits per heavy atom. The van der Waals surface area contributed by atoms with E-state index < -0.39 is 0 Å². The molecule has 2 nitrogen and oxygen atoms in total. The zero-order chi connectivity index (χ0) is 10.0. The van der Waals surface area contributed by atoms with Crippen molar-refractivity contribution in [3.05, 3.63) is 12.2 Å². The predicted octanol–water partition coefficient (Wildman–Crippen LogP) is 2.14. The van der Waals surface area contributed by atoms with E-state index in [1.807, 2.05) is 0 Å². The molecule has 1 rings (SSSR count). The van der Waals surface area contributed by atoms with Crippen LogP contribution in [-0.2, 0) is 0 Å². The van der Waals surface area contributed by atoms with Crippen LogP contribution in [0.5, 0.6) is 0 Å². The largest absolute Gasteiger partial charge is 0.239 e. The molecule has 13 heavy (non-hydrogen) atoms. The minimum Gasteiger partial charge on any atom is -0.239 e. The highest BCUT2D eigenvalue weighted by Gasteiger charge is 2.42. The summed E-state index contributed by atoms with van der Waals surface area (Å²) in [5.74, 6) is 0.660. The van der Waals surface area contributed by atoms with E-state index in [0.29, 0.717) is 18.0 Å². The number of allylic oxidation sites excluding steroid dienone is 1. The van der Waals surface area contributed by atoms with Crippen LogP contribution in [-0.4, -0.2) is 35.7 Å². The quantitative estimate of drug-likeness (QED) is 0.617. The van der Waals surface area contributed by atoms with Gasteiger partial charge in [0.2, 0.25) is 0 Å². The van der Waals surface area contributed by atoms with Crippen LogP contribution in [0.3, 0.4) is 0 Å². The van der Waals surface area contributed by atoms with Crippen molar-refractivity contribution >= 4 is 0 Å². The number of likely N-dealkylation sites (N-methyl/N-ethyl adjacent to an activating group) is 2. The standard InChI is InChI=1S/C11H22N2/c1-6-8-9(3)11-10(4)13(7-2)12(11)5/h6,8-11H,7H2,1-5H3/b8-6-/t9?,10?,11-/m1/s1. The first-order valence-corrected chi connectivity index (χ1v) is 5.25. The van der Waals surface area contributed by atoms with Crippen LogP contribution < -0.4 is 0 Å². The zero-order valence-corrected chi connectivity index (χ0v) is 9.49. The number of hydrogen-bond donors (Lipinski definition) is 0. The third-order valence-corrected chi connectivity index (χ3v) is 3.16. The first-order valence-electron chi connectivity index (χ1n) is 5.25. The first-order chi connectivity index (χ1) is 6.13. The Bertz CT molecular complexity index is 179. The van der Waals surface area contributed by atoms with Gasteiger partial charge in [0, 0.05) is 25.7 Å². The summed E-state index contributed by atoms with van der Waals surface area (Å²) in [5, 5.41) is 4.78. The molecule has 0 amide bonds. The van der Waals surface area contributed by atoms with Gasteiger partial charge in [-0.1, -0.05) is 26.0 Å². The average Bonchev–Trinajstić information content (AvgIpc) is 2.05. The van der Waals surface area contributed by atoms with Crippen LogP contribution in [0.15, 0.2) is 12.2 Å². The van der Waals surface area contributed by atoms with Crippen molar-refractivity contribution in [3.63, 3.8) is 0 Å². The predicted molar refractivity (Wildman–Crippen MR) is 57.4 cm³/mol. The second kappa shape index (κ2) is 4.25. The molecule has 1 fully saturated rings. The summed E-state index contributed by atoms with van der Waals surface area (Å²) in [4.78, 5) is 0. The van der Waals surface area contributed by atoms with E-state index in [4.69, 9.17) is 0 Å². The van der Waals surface area contributed by atoms with Gasteiger partial charge in [-0.2, -0.15) is 0 Å². The van der Waals surface area contributed by atoms with Crippen LogP contribution in [0.2, 0.25) is 0 Å². The summed E-state index contributed by atoms with van der Waals surface area (Å²) in [5.41, 5.74) is 0. The van der Waals surface area contributed by atoms with Gasteiger partial charge in [0.25, 0.3) is 0 Å². The average molecular weight is 182 g/mol. The number of hydrazine groups is 1. The normalized spacial score (nSPS) is 33.6. The van der Waals surface area contributed by atoms with Crippen LogP contribution in [0.25, 0.3) is 0 Å². The summed E-state index contributed by atoms with van der Waals surface area (Å²) in [6.07, 6.45) is 4.45. The number of nitrogens with zero attached hydrogens (tertiary/aromatic N) is 2. The third-order valence-electron chi connectivity index (χ3n) is 3.16. The molecule has 1 heterocycles. The van der Waals surface area contributed by atoms with Gasteiger partial charge in [-0.3, -0.25) is 0 Å². The molecule has 0 radical (unpaired) electrons. The molecule has 0 aromatic rings. The smallest absolute Gasteiger partial charge is 0.0469 e.